The monoisotopic (exact) mass is 307 g/mol. The van der Waals surface area contributed by atoms with E-state index in [2.05, 4.69) is 13.8 Å². The molecule has 1 aliphatic heterocycles. The lowest BCUT2D eigenvalue weighted by Gasteiger charge is -2.37. The lowest BCUT2D eigenvalue weighted by Crippen LogP contribution is -2.44. The van der Waals surface area contributed by atoms with Crippen LogP contribution in [0, 0.1) is 5.41 Å². The number of carbonyl (C=O) groups is 2. The zero-order valence-corrected chi connectivity index (χ0v) is 13.5. The summed E-state index contributed by atoms with van der Waals surface area (Å²) in [5, 5.41) is 0.0809. The Morgan fingerprint density at radius 3 is 2.67 bits per heavy atom. The van der Waals surface area contributed by atoms with Gasteiger partial charge in [0.25, 0.3) is 5.24 Å². The van der Waals surface area contributed by atoms with Crippen molar-refractivity contribution in [1.82, 2.24) is 0 Å². The molecule has 1 fully saturated rings. The maximum absolute atomic E-state index is 12.2. The van der Waals surface area contributed by atoms with E-state index in [9.17, 15) is 9.59 Å². The average Bonchev–Trinajstić information content (AvgIpc) is 2.88. The Bertz CT molecular complexity index is 516. The van der Waals surface area contributed by atoms with E-state index in [1.165, 1.54) is 18.9 Å². The third kappa shape index (κ3) is 3.59. The second-order valence-electron chi connectivity index (χ2n) is 5.86. The number of para-hydroxylation sites is 1. The first kappa shape index (κ1) is 15.9. The standard InChI is InChI=1S/C16H21NO3S/c1-16(2,10-9-14(18)20-3)13-11-21-15(19)17(13)12-7-5-4-6-8-12/h4-8,13H,9-11H2,1-3H3. The van der Waals surface area contributed by atoms with Crippen LogP contribution in [0.3, 0.4) is 0 Å². The van der Waals surface area contributed by atoms with Gasteiger partial charge in [-0.15, -0.1) is 0 Å². The highest BCUT2D eigenvalue weighted by atomic mass is 32.2. The van der Waals surface area contributed by atoms with Crippen LogP contribution in [-0.4, -0.2) is 30.1 Å². The van der Waals surface area contributed by atoms with Crippen molar-refractivity contribution in [2.45, 2.75) is 32.7 Å². The molecule has 0 radical (unpaired) electrons. The number of carbonyl (C=O) groups excluding carboxylic acids is 2. The van der Waals surface area contributed by atoms with E-state index in [4.69, 9.17) is 4.74 Å². The number of thioether (sulfide) groups is 1. The summed E-state index contributed by atoms with van der Waals surface area (Å²) in [4.78, 5) is 25.5. The minimum atomic E-state index is -0.202. The van der Waals surface area contributed by atoms with E-state index < -0.39 is 0 Å². The first-order valence-electron chi connectivity index (χ1n) is 7.03. The molecule has 21 heavy (non-hydrogen) atoms. The van der Waals surface area contributed by atoms with Gasteiger partial charge in [-0.2, -0.15) is 0 Å². The Labute approximate surface area is 129 Å². The largest absolute Gasteiger partial charge is 0.469 e. The third-order valence-corrected chi connectivity index (χ3v) is 4.94. The SMILES string of the molecule is COC(=O)CCC(C)(C)C1CSC(=O)N1c1ccccc1. The van der Waals surface area contributed by atoms with Crippen molar-refractivity contribution in [1.29, 1.82) is 0 Å². The van der Waals surface area contributed by atoms with Crippen molar-refractivity contribution in [3.05, 3.63) is 30.3 Å². The molecule has 0 spiro atoms. The van der Waals surface area contributed by atoms with E-state index in [-0.39, 0.29) is 22.7 Å². The molecule has 1 unspecified atom stereocenters. The van der Waals surface area contributed by atoms with E-state index in [0.29, 0.717) is 12.8 Å². The van der Waals surface area contributed by atoms with E-state index in [1.54, 1.807) is 0 Å². The highest BCUT2D eigenvalue weighted by molar-refractivity contribution is 8.14. The summed E-state index contributed by atoms with van der Waals surface area (Å²) >= 11 is 1.35. The molecular formula is C16H21NO3S. The topological polar surface area (TPSA) is 46.6 Å². The van der Waals surface area contributed by atoms with Crippen LogP contribution in [0.2, 0.25) is 0 Å². The molecule has 0 saturated carbocycles. The number of ether oxygens (including phenoxy) is 1. The van der Waals surface area contributed by atoms with E-state index >= 15 is 0 Å². The maximum atomic E-state index is 12.2. The van der Waals surface area contributed by atoms with Crippen molar-refractivity contribution < 1.29 is 14.3 Å². The van der Waals surface area contributed by atoms with E-state index in [1.807, 2.05) is 35.2 Å². The molecule has 1 amide bonds. The number of rotatable bonds is 5. The zero-order valence-electron chi connectivity index (χ0n) is 12.7. The van der Waals surface area contributed by atoms with Crippen molar-refractivity contribution in [2.24, 2.45) is 5.41 Å². The second kappa shape index (κ2) is 6.52. The Balaban J connectivity index is 2.17. The van der Waals surface area contributed by atoms with Crippen molar-refractivity contribution >= 4 is 28.7 Å². The van der Waals surface area contributed by atoms with Crippen molar-refractivity contribution in [2.75, 3.05) is 17.8 Å². The quantitative estimate of drug-likeness (QED) is 0.778. The van der Waals surface area contributed by atoms with Gasteiger partial charge < -0.3 is 4.74 Å². The van der Waals surface area contributed by atoms with Crippen LogP contribution in [0.5, 0.6) is 0 Å². The molecular weight excluding hydrogens is 286 g/mol. The molecule has 1 saturated heterocycles. The van der Waals surface area contributed by atoms with Crippen LogP contribution in [0.15, 0.2) is 30.3 Å². The van der Waals surface area contributed by atoms with Crippen molar-refractivity contribution in [3.8, 4) is 0 Å². The molecule has 0 N–H and O–H groups in total. The zero-order chi connectivity index (χ0) is 15.5. The summed E-state index contributed by atoms with van der Waals surface area (Å²) in [6, 6.07) is 9.80. The summed E-state index contributed by atoms with van der Waals surface area (Å²) < 4.78 is 4.72. The molecule has 2 rings (SSSR count). The van der Waals surface area contributed by atoms with Crippen LogP contribution in [0.25, 0.3) is 0 Å². The van der Waals surface area contributed by atoms with E-state index in [0.717, 1.165) is 11.4 Å². The molecule has 0 aliphatic carbocycles. The molecule has 5 heteroatoms. The Morgan fingerprint density at radius 1 is 1.38 bits per heavy atom. The number of anilines is 1. The van der Waals surface area contributed by atoms with Gasteiger partial charge >= 0.3 is 5.97 Å². The summed E-state index contributed by atoms with van der Waals surface area (Å²) in [6.07, 6.45) is 1.07. The number of amides is 1. The average molecular weight is 307 g/mol. The maximum Gasteiger partial charge on any atom is 0.305 e. The molecule has 4 nitrogen and oxygen atoms in total. The predicted molar refractivity (Wildman–Crippen MR) is 85.6 cm³/mol. The van der Waals surface area contributed by atoms with Gasteiger partial charge in [0.05, 0.1) is 13.2 Å². The van der Waals surface area contributed by atoms with Gasteiger partial charge in [0, 0.05) is 17.9 Å². The number of hydrogen-bond acceptors (Lipinski definition) is 4. The molecule has 114 valence electrons. The number of hydrogen-bond donors (Lipinski definition) is 0. The summed E-state index contributed by atoms with van der Waals surface area (Å²) in [6.45, 7) is 4.21. The fourth-order valence-corrected chi connectivity index (χ4v) is 3.84. The summed E-state index contributed by atoms with van der Waals surface area (Å²) in [7, 11) is 1.40. The first-order chi connectivity index (χ1) is 9.95. The Kier molecular flexibility index (Phi) is 4.93. The highest BCUT2D eigenvalue weighted by Crippen LogP contribution is 2.41. The van der Waals surface area contributed by atoms with Gasteiger partial charge in [0.2, 0.25) is 0 Å². The van der Waals surface area contributed by atoms with Crippen LogP contribution in [0.1, 0.15) is 26.7 Å². The summed E-state index contributed by atoms with van der Waals surface area (Å²) in [5.41, 5.74) is 0.770. The Hall–Kier alpha value is -1.49. The van der Waals surface area contributed by atoms with Gasteiger partial charge in [-0.25, -0.2) is 0 Å². The Morgan fingerprint density at radius 2 is 2.05 bits per heavy atom. The van der Waals surface area contributed by atoms with Gasteiger partial charge in [-0.3, -0.25) is 14.5 Å². The minimum Gasteiger partial charge on any atom is -0.469 e. The lowest BCUT2D eigenvalue weighted by atomic mass is 9.80. The van der Waals surface area contributed by atoms with Crippen LogP contribution < -0.4 is 4.90 Å². The fourth-order valence-electron chi connectivity index (χ4n) is 2.56. The van der Waals surface area contributed by atoms with Gasteiger partial charge in [-0.05, 0) is 24.0 Å². The molecule has 1 aliphatic rings. The molecule has 1 aromatic rings. The number of benzene rings is 1. The van der Waals surface area contributed by atoms with Gasteiger partial charge in [0.1, 0.15) is 0 Å². The third-order valence-electron chi connectivity index (χ3n) is 4.01. The highest BCUT2D eigenvalue weighted by Gasteiger charge is 2.42. The molecule has 1 aromatic carbocycles. The normalized spacial score (nSPS) is 18.9. The number of nitrogens with zero attached hydrogens (tertiary/aromatic N) is 1. The number of esters is 1. The predicted octanol–water partition coefficient (Wildman–Crippen LogP) is 3.71. The van der Waals surface area contributed by atoms with Crippen LogP contribution >= 0.6 is 11.8 Å². The summed E-state index contributed by atoms with van der Waals surface area (Å²) in [5.74, 6) is 0.549. The van der Waals surface area contributed by atoms with Gasteiger partial charge in [0.15, 0.2) is 0 Å². The van der Waals surface area contributed by atoms with Crippen LogP contribution in [-0.2, 0) is 9.53 Å². The minimum absolute atomic E-state index is 0.0809. The second-order valence-corrected chi connectivity index (χ2v) is 6.83. The molecule has 1 atom stereocenters. The number of methoxy groups -OCH3 is 1. The van der Waals surface area contributed by atoms with Crippen molar-refractivity contribution in [3.63, 3.8) is 0 Å². The molecule has 0 aromatic heterocycles. The fraction of sp³-hybridized carbons (Fsp3) is 0.500. The first-order valence-corrected chi connectivity index (χ1v) is 8.02. The van der Waals surface area contributed by atoms with Crippen LogP contribution in [0.4, 0.5) is 10.5 Å². The lowest BCUT2D eigenvalue weighted by molar-refractivity contribution is -0.141. The molecule has 0 bridgehead atoms. The smallest absolute Gasteiger partial charge is 0.305 e. The molecule has 1 heterocycles. The van der Waals surface area contributed by atoms with Gasteiger partial charge in [-0.1, -0.05) is 43.8 Å².